The molecule has 1 atom stereocenters. The number of hydrogen-bond donors (Lipinski definition) is 0. The second-order valence-corrected chi connectivity index (χ2v) is 4.73. The van der Waals surface area contributed by atoms with Crippen molar-refractivity contribution in [1.82, 2.24) is 4.90 Å². The number of likely N-dealkylation sites (N-methyl/N-ethyl adjacent to an activating group) is 1. The van der Waals surface area contributed by atoms with Crippen molar-refractivity contribution in [3.63, 3.8) is 0 Å². The van der Waals surface area contributed by atoms with Crippen molar-refractivity contribution >= 4 is 11.6 Å². The predicted molar refractivity (Wildman–Crippen MR) is 76.1 cm³/mol. The number of rotatable bonds is 7. The molecule has 18 heavy (non-hydrogen) atoms. The van der Waals surface area contributed by atoms with E-state index < -0.39 is 0 Å². The van der Waals surface area contributed by atoms with Crippen molar-refractivity contribution in [2.75, 3.05) is 33.7 Å². The fourth-order valence-electron chi connectivity index (χ4n) is 1.68. The van der Waals surface area contributed by atoms with Crippen LogP contribution in [0.5, 0.6) is 11.5 Å². The molecule has 0 saturated carbocycles. The van der Waals surface area contributed by atoms with Crippen LogP contribution in [-0.2, 0) is 6.42 Å². The number of hydrogen-bond acceptors (Lipinski definition) is 3. The molecule has 1 aromatic rings. The molecule has 3 nitrogen and oxygen atoms in total. The molecule has 0 heterocycles. The van der Waals surface area contributed by atoms with Crippen LogP contribution in [-0.4, -0.2) is 44.6 Å². The molecule has 102 valence electrons. The minimum Gasteiger partial charge on any atom is -0.493 e. The van der Waals surface area contributed by atoms with E-state index in [0.29, 0.717) is 11.9 Å². The van der Waals surface area contributed by atoms with E-state index in [1.807, 2.05) is 12.1 Å². The topological polar surface area (TPSA) is 21.7 Å². The summed E-state index contributed by atoms with van der Waals surface area (Å²) < 4.78 is 10.5. The summed E-state index contributed by atoms with van der Waals surface area (Å²) in [5.41, 5.74) is 1.24. The summed E-state index contributed by atoms with van der Waals surface area (Å²) in [5, 5.41) is 0. The third-order valence-corrected chi connectivity index (χ3v) is 3.62. The average Bonchev–Trinajstić information content (AvgIpc) is 2.43. The molecule has 0 aliphatic rings. The molecule has 4 heteroatoms. The lowest BCUT2D eigenvalue weighted by molar-refractivity contribution is 0.280. The Bertz CT molecular complexity index is 371. The van der Waals surface area contributed by atoms with Crippen LogP contribution in [0.2, 0.25) is 0 Å². The Morgan fingerprint density at radius 2 is 1.89 bits per heavy atom. The summed E-state index contributed by atoms with van der Waals surface area (Å²) in [6.45, 7) is 3.10. The maximum Gasteiger partial charge on any atom is 0.160 e. The van der Waals surface area contributed by atoms with E-state index in [1.54, 1.807) is 14.2 Å². The van der Waals surface area contributed by atoms with E-state index in [9.17, 15) is 0 Å². The number of alkyl halides is 1. The maximum atomic E-state index is 5.84. The van der Waals surface area contributed by atoms with Crippen LogP contribution < -0.4 is 9.47 Å². The van der Waals surface area contributed by atoms with Gasteiger partial charge in [-0.25, -0.2) is 0 Å². The summed E-state index contributed by atoms with van der Waals surface area (Å²) in [6, 6.07) is 6.43. The second-order valence-electron chi connectivity index (χ2n) is 4.42. The van der Waals surface area contributed by atoms with Gasteiger partial charge in [0.15, 0.2) is 11.5 Å². The SMILES string of the molecule is COc1ccc(CCN(C)[C@@H](C)CCl)cc1OC. The highest BCUT2D eigenvalue weighted by Crippen LogP contribution is 2.27. The van der Waals surface area contributed by atoms with E-state index in [0.717, 1.165) is 24.5 Å². The summed E-state index contributed by atoms with van der Waals surface area (Å²) >= 11 is 5.84. The van der Waals surface area contributed by atoms with Crippen molar-refractivity contribution in [3.8, 4) is 11.5 Å². The smallest absolute Gasteiger partial charge is 0.160 e. The molecule has 0 aliphatic heterocycles. The fourth-order valence-corrected chi connectivity index (χ4v) is 1.92. The highest BCUT2D eigenvalue weighted by molar-refractivity contribution is 6.18. The minimum atomic E-state index is 0.395. The predicted octanol–water partition coefficient (Wildman–Crippen LogP) is 2.81. The summed E-state index contributed by atoms with van der Waals surface area (Å²) in [5.74, 6) is 2.20. The van der Waals surface area contributed by atoms with E-state index >= 15 is 0 Å². The Balaban J connectivity index is 2.63. The van der Waals surface area contributed by atoms with Gasteiger partial charge in [-0.1, -0.05) is 6.07 Å². The Kier molecular flexibility index (Phi) is 6.30. The third-order valence-electron chi connectivity index (χ3n) is 3.18. The van der Waals surface area contributed by atoms with Gasteiger partial charge in [-0.2, -0.15) is 0 Å². The number of methoxy groups -OCH3 is 2. The molecule has 0 fully saturated rings. The molecule has 0 spiro atoms. The van der Waals surface area contributed by atoms with Crippen LogP contribution in [0.4, 0.5) is 0 Å². The molecule has 1 rings (SSSR count). The molecule has 0 bridgehead atoms. The van der Waals surface area contributed by atoms with Gasteiger partial charge in [-0.05, 0) is 38.1 Å². The number of ether oxygens (including phenoxy) is 2. The molecule has 1 aromatic carbocycles. The fraction of sp³-hybridized carbons (Fsp3) is 0.571. The van der Waals surface area contributed by atoms with E-state index in [1.165, 1.54) is 5.56 Å². The monoisotopic (exact) mass is 271 g/mol. The van der Waals surface area contributed by atoms with Crippen LogP contribution >= 0.6 is 11.6 Å². The van der Waals surface area contributed by atoms with Gasteiger partial charge in [-0.3, -0.25) is 0 Å². The van der Waals surface area contributed by atoms with Crippen LogP contribution in [0.1, 0.15) is 12.5 Å². The Morgan fingerprint density at radius 1 is 1.22 bits per heavy atom. The first-order valence-electron chi connectivity index (χ1n) is 6.09. The highest BCUT2D eigenvalue weighted by Gasteiger charge is 2.09. The summed E-state index contributed by atoms with van der Waals surface area (Å²) in [7, 11) is 5.39. The zero-order chi connectivity index (χ0) is 13.5. The zero-order valence-corrected chi connectivity index (χ0v) is 12.3. The lowest BCUT2D eigenvalue weighted by Gasteiger charge is -2.22. The van der Waals surface area contributed by atoms with Gasteiger partial charge in [0.1, 0.15) is 0 Å². The molecule has 0 unspecified atom stereocenters. The molecule has 0 saturated heterocycles. The van der Waals surface area contributed by atoms with Gasteiger partial charge in [0.2, 0.25) is 0 Å². The third kappa shape index (κ3) is 4.07. The van der Waals surface area contributed by atoms with Gasteiger partial charge < -0.3 is 14.4 Å². The molecular formula is C14H22ClNO2. The van der Waals surface area contributed by atoms with Crippen LogP contribution in [0.3, 0.4) is 0 Å². The first kappa shape index (κ1) is 15.1. The Morgan fingerprint density at radius 3 is 2.44 bits per heavy atom. The van der Waals surface area contributed by atoms with Crippen molar-refractivity contribution in [2.24, 2.45) is 0 Å². The quantitative estimate of drug-likeness (QED) is 0.712. The van der Waals surface area contributed by atoms with E-state index in [-0.39, 0.29) is 0 Å². The second kappa shape index (κ2) is 7.49. The lowest BCUT2D eigenvalue weighted by Crippen LogP contribution is -2.32. The molecule has 0 aliphatic carbocycles. The summed E-state index contributed by atoms with van der Waals surface area (Å²) in [6.07, 6.45) is 0.970. The Hall–Kier alpha value is -0.930. The first-order chi connectivity index (χ1) is 8.62. The number of benzene rings is 1. The van der Waals surface area contributed by atoms with Crippen LogP contribution in [0.25, 0.3) is 0 Å². The average molecular weight is 272 g/mol. The summed E-state index contributed by atoms with van der Waals surface area (Å²) in [4.78, 5) is 2.25. The van der Waals surface area contributed by atoms with Gasteiger partial charge >= 0.3 is 0 Å². The van der Waals surface area contributed by atoms with Gasteiger partial charge in [0, 0.05) is 18.5 Å². The van der Waals surface area contributed by atoms with E-state index in [4.69, 9.17) is 21.1 Å². The van der Waals surface area contributed by atoms with Crippen molar-refractivity contribution in [3.05, 3.63) is 23.8 Å². The number of halogens is 1. The largest absolute Gasteiger partial charge is 0.493 e. The molecular weight excluding hydrogens is 250 g/mol. The van der Waals surface area contributed by atoms with E-state index in [2.05, 4.69) is 24.9 Å². The molecule has 0 amide bonds. The van der Waals surface area contributed by atoms with Crippen molar-refractivity contribution in [1.29, 1.82) is 0 Å². The van der Waals surface area contributed by atoms with Gasteiger partial charge in [0.25, 0.3) is 0 Å². The maximum absolute atomic E-state index is 5.84. The zero-order valence-electron chi connectivity index (χ0n) is 11.6. The van der Waals surface area contributed by atoms with Crippen molar-refractivity contribution in [2.45, 2.75) is 19.4 Å². The van der Waals surface area contributed by atoms with Crippen LogP contribution in [0.15, 0.2) is 18.2 Å². The van der Waals surface area contributed by atoms with Gasteiger partial charge in [0.05, 0.1) is 14.2 Å². The highest BCUT2D eigenvalue weighted by atomic mass is 35.5. The molecule has 0 radical (unpaired) electrons. The molecule has 0 aromatic heterocycles. The lowest BCUT2D eigenvalue weighted by atomic mass is 10.1. The van der Waals surface area contributed by atoms with Crippen LogP contribution in [0, 0.1) is 0 Å². The first-order valence-corrected chi connectivity index (χ1v) is 6.63. The minimum absolute atomic E-state index is 0.395. The number of nitrogens with zero attached hydrogens (tertiary/aromatic N) is 1. The Labute approximate surface area is 115 Å². The standard InChI is InChI=1S/C14H22ClNO2/c1-11(10-15)16(2)8-7-12-5-6-13(17-3)14(9-12)18-4/h5-6,9,11H,7-8,10H2,1-4H3/t11-/m0/s1. The van der Waals surface area contributed by atoms with Crippen molar-refractivity contribution < 1.29 is 9.47 Å². The molecule has 0 N–H and O–H groups in total. The van der Waals surface area contributed by atoms with Gasteiger partial charge in [-0.15, -0.1) is 11.6 Å². The normalized spacial score (nSPS) is 12.6.